The predicted molar refractivity (Wildman–Crippen MR) is 54.7 cm³/mol. The molecule has 0 radical (unpaired) electrons. The van der Waals surface area contributed by atoms with Crippen LogP contribution in [0.2, 0.25) is 0 Å². The molecule has 0 aliphatic carbocycles. The first kappa shape index (κ1) is 12.9. The van der Waals surface area contributed by atoms with Gasteiger partial charge in [0.05, 0.1) is 6.61 Å². The lowest BCUT2D eigenvalue weighted by Gasteiger charge is -2.26. The zero-order valence-corrected chi connectivity index (χ0v) is 9.03. The maximum absolute atomic E-state index is 9.04. The first-order valence-electron chi connectivity index (χ1n) is 5.03. The average molecular weight is 189 g/mol. The highest BCUT2D eigenvalue weighted by molar-refractivity contribution is 4.67. The van der Waals surface area contributed by atoms with Crippen LogP contribution in [-0.4, -0.2) is 48.0 Å². The lowest BCUT2D eigenvalue weighted by Crippen LogP contribution is -2.36. The molecule has 0 aromatic rings. The maximum Gasteiger partial charge on any atom is 0.0587 e. The quantitative estimate of drug-likeness (QED) is 0.620. The van der Waals surface area contributed by atoms with Gasteiger partial charge in [-0.05, 0) is 32.4 Å². The van der Waals surface area contributed by atoms with Gasteiger partial charge in [-0.25, -0.2) is 0 Å². The van der Waals surface area contributed by atoms with Crippen LogP contribution >= 0.6 is 0 Å². The highest BCUT2D eigenvalue weighted by Crippen LogP contribution is 2.05. The van der Waals surface area contributed by atoms with E-state index >= 15 is 0 Å². The molecule has 3 nitrogen and oxygen atoms in total. The summed E-state index contributed by atoms with van der Waals surface area (Å²) in [6, 6.07) is 0.115. The topological polar surface area (TPSA) is 43.7 Å². The van der Waals surface area contributed by atoms with E-state index in [4.69, 9.17) is 10.2 Å². The number of nitrogens with zero attached hydrogens (tertiary/aromatic N) is 1. The maximum atomic E-state index is 9.04. The van der Waals surface area contributed by atoms with Gasteiger partial charge in [0, 0.05) is 12.6 Å². The van der Waals surface area contributed by atoms with Gasteiger partial charge < -0.3 is 15.1 Å². The van der Waals surface area contributed by atoms with Gasteiger partial charge in [-0.2, -0.15) is 0 Å². The molecular formula is C10H23NO2. The van der Waals surface area contributed by atoms with Gasteiger partial charge in [-0.15, -0.1) is 0 Å². The lowest BCUT2D eigenvalue weighted by molar-refractivity contribution is 0.116. The van der Waals surface area contributed by atoms with Gasteiger partial charge in [0.1, 0.15) is 0 Å². The van der Waals surface area contributed by atoms with Gasteiger partial charge in [0.15, 0.2) is 0 Å². The van der Waals surface area contributed by atoms with E-state index in [1.165, 1.54) is 0 Å². The molecular weight excluding hydrogens is 166 g/mol. The summed E-state index contributed by atoms with van der Waals surface area (Å²) in [7, 11) is 2.00. The van der Waals surface area contributed by atoms with E-state index in [9.17, 15) is 0 Å². The Morgan fingerprint density at radius 1 is 1.15 bits per heavy atom. The number of likely N-dealkylation sites (N-methyl/N-ethyl adjacent to an activating group) is 1. The fourth-order valence-electron chi connectivity index (χ4n) is 1.24. The molecule has 0 aromatic carbocycles. The molecule has 0 spiro atoms. The van der Waals surface area contributed by atoms with Gasteiger partial charge in [0.25, 0.3) is 0 Å². The van der Waals surface area contributed by atoms with E-state index in [1.54, 1.807) is 0 Å². The van der Waals surface area contributed by atoms with Crippen molar-refractivity contribution in [3.8, 4) is 0 Å². The van der Waals surface area contributed by atoms with Gasteiger partial charge in [-0.1, -0.05) is 13.8 Å². The fraction of sp³-hybridized carbons (Fsp3) is 1.00. The molecule has 0 aromatic heterocycles. The molecule has 2 N–H and O–H groups in total. The van der Waals surface area contributed by atoms with Crippen LogP contribution in [-0.2, 0) is 0 Å². The summed E-state index contributed by atoms with van der Waals surface area (Å²) in [4.78, 5) is 2.12. The van der Waals surface area contributed by atoms with Crippen molar-refractivity contribution in [2.75, 3.05) is 26.8 Å². The summed E-state index contributed by atoms with van der Waals surface area (Å²) in [5, 5.41) is 17.8. The monoisotopic (exact) mass is 189 g/mol. The summed E-state index contributed by atoms with van der Waals surface area (Å²) < 4.78 is 0. The molecule has 1 atom stereocenters. The molecule has 0 heterocycles. The van der Waals surface area contributed by atoms with Crippen molar-refractivity contribution in [3.63, 3.8) is 0 Å². The fourth-order valence-corrected chi connectivity index (χ4v) is 1.24. The van der Waals surface area contributed by atoms with Crippen molar-refractivity contribution in [2.24, 2.45) is 5.92 Å². The van der Waals surface area contributed by atoms with Crippen LogP contribution in [0.3, 0.4) is 0 Å². The zero-order chi connectivity index (χ0) is 10.3. The Kier molecular flexibility index (Phi) is 7.23. The zero-order valence-electron chi connectivity index (χ0n) is 9.03. The van der Waals surface area contributed by atoms with Gasteiger partial charge >= 0.3 is 0 Å². The average Bonchev–Trinajstić information content (AvgIpc) is 2.10. The van der Waals surface area contributed by atoms with Crippen LogP contribution in [0, 0.1) is 5.92 Å². The summed E-state index contributed by atoms with van der Waals surface area (Å²) in [6.07, 6.45) is 1.80. The van der Waals surface area contributed by atoms with Crippen LogP contribution in [0.25, 0.3) is 0 Å². The Hall–Kier alpha value is -0.120. The van der Waals surface area contributed by atoms with Crippen molar-refractivity contribution in [1.29, 1.82) is 0 Å². The summed E-state index contributed by atoms with van der Waals surface area (Å²) in [5.74, 6) is 0.691. The smallest absolute Gasteiger partial charge is 0.0587 e. The molecule has 3 heteroatoms. The van der Waals surface area contributed by atoms with E-state index in [0.717, 1.165) is 13.0 Å². The normalized spacial score (nSPS) is 14.1. The van der Waals surface area contributed by atoms with Crippen LogP contribution in [0.5, 0.6) is 0 Å². The van der Waals surface area contributed by atoms with E-state index < -0.39 is 0 Å². The van der Waals surface area contributed by atoms with E-state index in [-0.39, 0.29) is 19.3 Å². The second kappa shape index (κ2) is 7.30. The van der Waals surface area contributed by atoms with Crippen LogP contribution < -0.4 is 0 Å². The first-order chi connectivity index (χ1) is 6.11. The molecule has 0 rings (SSSR count). The predicted octanol–water partition coefficient (Wildman–Crippen LogP) is 0.708. The minimum Gasteiger partial charge on any atom is -0.396 e. The number of aliphatic hydroxyl groups is 2. The molecule has 1 unspecified atom stereocenters. The Balaban J connectivity index is 3.69. The Bertz CT molecular complexity index is 117. The van der Waals surface area contributed by atoms with Crippen molar-refractivity contribution < 1.29 is 10.2 Å². The van der Waals surface area contributed by atoms with Crippen molar-refractivity contribution in [1.82, 2.24) is 4.90 Å². The first-order valence-corrected chi connectivity index (χ1v) is 5.03. The molecule has 0 amide bonds. The Labute approximate surface area is 81.4 Å². The van der Waals surface area contributed by atoms with Crippen molar-refractivity contribution >= 4 is 0 Å². The second-order valence-corrected chi connectivity index (χ2v) is 4.01. The summed E-state index contributed by atoms with van der Waals surface area (Å²) >= 11 is 0. The van der Waals surface area contributed by atoms with Gasteiger partial charge in [-0.3, -0.25) is 0 Å². The second-order valence-electron chi connectivity index (χ2n) is 4.01. The van der Waals surface area contributed by atoms with Crippen LogP contribution in [0.15, 0.2) is 0 Å². The molecule has 0 aliphatic rings. The van der Waals surface area contributed by atoms with Crippen LogP contribution in [0.1, 0.15) is 26.7 Å². The minimum absolute atomic E-state index is 0.115. The third kappa shape index (κ3) is 6.02. The lowest BCUT2D eigenvalue weighted by atomic mass is 10.1. The highest BCUT2D eigenvalue weighted by atomic mass is 16.3. The molecule has 0 saturated heterocycles. The molecule has 0 bridgehead atoms. The molecule has 80 valence electrons. The van der Waals surface area contributed by atoms with E-state index in [0.29, 0.717) is 12.3 Å². The third-order valence-corrected chi connectivity index (χ3v) is 2.36. The summed E-state index contributed by atoms with van der Waals surface area (Å²) in [5.41, 5.74) is 0. The molecule has 0 aliphatic heterocycles. The van der Waals surface area contributed by atoms with Crippen molar-refractivity contribution in [2.45, 2.75) is 32.7 Å². The minimum atomic E-state index is 0.115. The van der Waals surface area contributed by atoms with Crippen molar-refractivity contribution in [3.05, 3.63) is 0 Å². The highest BCUT2D eigenvalue weighted by Gasteiger charge is 2.12. The van der Waals surface area contributed by atoms with E-state index in [1.807, 2.05) is 7.05 Å². The Morgan fingerprint density at radius 2 is 1.77 bits per heavy atom. The number of hydrogen-bond acceptors (Lipinski definition) is 3. The Morgan fingerprint density at radius 3 is 2.15 bits per heavy atom. The number of aliphatic hydroxyl groups excluding tert-OH is 2. The molecule has 13 heavy (non-hydrogen) atoms. The van der Waals surface area contributed by atoms with Crippen LogP contribution in [0.4, 0.5) is 0 Å². The summed E-state index contributed by atoms with van der Waals surface area (Å²) in [6.45, 7) is 5.65. The van der Waals surface area contributed by atoms with Gasteiger partial charge in [0.2, 0.25) is 0 Å². The number of rotatable bonds is 7. The largest absolute Gasteiger partial charge is 0.396 e. The standard InChI is InChI=1S/C10H23NO2/c1-9(2)4-6-11(3)10(8-13)5-7-12/h9-10,12-13H,4-8H2,1-3H3. The number of hydrogen-bond donors (Lipinski definition) is 2. The third-order valence-electron chi connectivity index (χ3n) is 2.36. The molecule has 0 fully saturated rings. The molecule has 0 saturated carbocycles. The van der Waals surface area contributed by atoms with E-state index in [2.05, 4.69) is 18.7 Å². The SMILES string of the molecule is CC(C)CCN(C)C(CO)CCO.